The highest BCUT2D eigenvalue weighted by Gasteiger charge is 2.41. The molecule has 3 heterocycles. The van der Waals surface area contributed by atoms with E-state index < -0.39 is 0 Å². The van der Waals surface area contributed by atoms with Gasteiger partial charge in [0.25, 0.3) is 0 Å². The van der Waals surface area contributed by atoms with Crippen molar-refractivity contribution < 1.29 is 14.3 Å². The van der Waals surface area contributed by atoms with Gasteiger partial charge in [-0.05, 0) is 37.1 Å². The van der Waals surface area contributed by atoms with Crippen LogP contribution in [0.4, 0.5) is 11.4 Å². The predicted octanol–water partition coefficient (Wildman–Crippen LogP) is 2.32. The summed E-state index contributed by atoms with van der Waals surface area (Å²) >= 11 is 0. The third-order valence-corrected chi connectivity index (χ3v) is 7.49. The van der Waals surface area contributed by atoms with Gasteiger partial charge in [0.2, 0.25) is 5.91 Å². The topological polar surface area (TPSA) is 57.3 Å². The maximum absolute atomic E-state index is 13.5. The number of anilines is 2. The molecule has 3 aliphatic rings. The Morgan fingerprint density at radius 1 is 1.09 bits per heavy atom. The van der Waals surface area contributed by atoms with Crippen LogP contribution in [0.5, 0.6) is 5.75 Å². The molecule has 0 aliphatic carbocycles. The Morgan fingerprint density at radius 3 is 2.65 bits per heavy atom. The fourth-order valence-electron chi connectivity index (χ4n) is 5.49. The van der Waals surface area contributed by atoms with E-state index in [9.17, 15) is 4.79 Å². The average Bonchev–Trinajstić information content (AvgIpc) is 2.88. The molecule has 0 spiro atoms. The molecule has 7 heteroatoms. The quantitative estimate of drug-likeness (QED) is 0.708. The van der Waals surface area contributed by atoms with Gasteiger partial charge in [0.1, 0.15) is 5.75 Å². The highest BCUT2D eigenvalue weighted by atomic mass is 16.5. The Hall–Kier alpha value is -2.77. The molecule has 2 aromatic rings. The molecule has 1 N–H and O–H groups in total. The van der Waals surface area contributed by atoms with Crippen molar-refractivity contribution in [2.75, 3.05) is 75.9 Å². The van der Waals surface area contributed by atoms with Gasteiger partial charge in [0, 0.05) is 63.3 Å². The summed E-state index contributed by atoms with van der Waals surface area (Å²) in [7, 11) is 1.71. The Labute approximate surface area is 202 Å². The number of morpholine rings is 1. The van der Waals surface area contributed by atoms with E-state index in [1.54, 1.807) is 7.11 Å². The fourth-order valence-corrected chi connectivity index (χ4v) is 5.49. The van der Waals surface area contributed by atoms with Gasteiger partial charge in [0.15, 0.2) is 0 Å². The van der Waals surface area contributed by atoms with Crippen molar-refractivity contribution in [1.82, 2.24) is 10.2 Å². The van der Waals surface area contributed by atoms with Gasteiger partial charge in [-0.15, -0.1) is 0 Å². The predicted molar refractivity (Wildman–Crippen MR) is 135 cm³/mol. The zero-order chi connectivity index (χ0) is 23.5. The van der Waals surface area contributed by atoms with Gasteiger partial charge >= 0.3 is 0 Å². The standard InChI is InChI=1S/C27H36N4O3/c1-20-3-6-22(7-4-20)30-11-12-31-25-18-23(33-2)8-5-21(25)17-24(26(31)19-30)27(32)28-9-10-29-13-15-34-16-14-29/h3-8,18,24,26H,9-17,19H2,1-2H3,(H,28,32)/t24-,26+/m1/s1. The van der Waals surface area contributed by atoms with Crippen LogP contribution in [0.2, 0.25) is 0 Å². The third-order valence-electron chi connectivity index (χ3n) is 7.49. The number of hydrogen-bond donors (Lipinski definition) is 1. The Morgan fingerprint density at radius 2 is 1.88 bits per heavy atom. The summed E-state index contributed by atoms with van der Waals surface area (Å²) in [5.41, 5.74) is 4.94. The molecule has 0 aromatic heterocycles. The second-order valence-corrected chi connectivity index (χ2v) is 9.59. The number of rotatable bonds is 6. The largest absolute Gasteiger partial charge is 0.497 e. The number of aryl methyl sites for hydroxylation is 1. The number of carbonyl (C=O) groups is 1. The lowest BCUT2D eigenvalue weighted by molar-refractivity contribution is -0.125. The monoisotopic (exact) mass is 464 g/mol. The van der Waals surface area contributed by atoms with Gasteiger partial charge in [-0.1, -0.05) is 23.8 Å². The number of carbonyl (C=O) groups excluding carboxylic acids is 1. The highest BCUT2D eigenvalue weighted by molar-refractivity contribution is 5.82. The van der Waals surface area contributed by atoms with Crippen LogP contribution in [0.1, 0.15) is 11.1 Å². The fraction of sp³-hybridized carbons (Fsp3) is 0.519. The minimum Gasteiger partial charge on any atom is -0.497 e. The highest BCUT2D eigenvalue weighted by Crippen LogP contribution is 2.39. The Bertz CT molecular complexity index is 990. The number of amides is 1. The van der Waals surface area contributed by atoms with E-state index in [1.165, 1.54) is 22.5 Å². The molecule has 0 radical (unpaired) electrons. The summed E-state index contributed by atoms with van der Waals surface area (Å²) in [5, 5.41) is 3.26. The van der Waals surface area contributed by atoms with Crippen molar-refractivity contribution in [3.8, 4) is 5.75 Å². The molecule has 34 heavy (non-hydrogen) atoms. The number of piperazine rings is 1. The molecule has 2 atom stereocenters. The van der Waals surface area contributed by atoms with Gasteiger partial charge < -0.3 is 24.6 Å². The number of methoxy groups -OCH3 is 1. The number of benzene rings is 2. The molecule has 0 unspecified atom stereocenters. The number of nitrogens with one attached hydrogen (secondary N) is 1. The second kappa shape index (κ2) is 10.2. The lowest BCUT2D eigenvalue weighted by Gasteiger charge is -2.49. The smallest absolute Gasteiger partial charge is 0.225 e. The summed E-state index contributed by atoms with van der Waals surface area (Å²) in [6.45, 7) is 9.76. The first-order chi connectivity index (χ1) is 16.6. The van der Waals surface area contributed by atoms with Gasteiger partial charge in [-0.3, -0.25) is 9.69 Å². The molecule has 1 amide bonds. The van der Waals surface area contributed by atoms with Crippen LogP contribution in [-0.4, -0.2) is 83.0 Å². The molecule has 7 nitrogen and oxygen atoms in total. The Kier molecular flexibility index (Phi) is 6.92. The van der Waals surface area contributed by atoms with Gasteiger partial charge in [-0.2, -0.15) is 0 Å². The van der Waals surface area contributed by atoms with Crippen molar-refractivity contribution in [3.05, 3.63) is 53.6 Å². The van der Waals surface area contributed by atoms with Crippen LogP contribution < -0.4 is 19.9 Å². The molecular weight excluding hydrogens is 428 g/mol. The van der Waals surface area contributed by atoms with E-state index in [-0.39, 0.29) is 17.9 Å². The van der Waals surface area contributed by atoms with Gasteiger partial charge in [-0.25, -0.2) is 0 Å². The van der Waals surface area contributed by atoms with Gasteiger partial charge in [0.05, 0.1) is 32.3 Å². The van der Waals surface area contributed by atoms with Crippen LogP contribution in [0, 0.1) is 12.8 Å². The first kappa shape index (κ1) is 23.0. The molecule has 2 saturated heterocycles. The normalized spacial score (nSPS) is 22.6. The van der Waals surface area contributed by atoms with E-state index in [2.05, 4.69) is 63.3 Å². The first-order valence-electron chi connectivity index (χ1n) is 12.5. The van der Waals surface area contributed by atoms with E-state index in [1.807, 2.05) is 6.07 Å². The van der Waals surface area contributed by atoms with Crippen molar-refractivity contribution in [3.63, 3.8) is 0 Å². The van der Waals surface area contributed by atoms with Crippen LogP contribution in [0.3, 0.4) is 0 Å². The second-order valence-electron chi connectivity index (χ2n) is 9.59. The van der Waals surface area contributed by atoms with Crippen LogP contribution in [0.25, 0.3) is 0 Å². The van der Waals surface area contributed by atoms with Crippen LogP contribution in [-0.2, 0) is 16.0 Å². The summed E-state index contributed by atoms with van der Waals surface area (Å²) in [5.74, 6) is 0.946. The summed E-state index contributed by atoms with van der Waals surface area (Å²) in [6, 6.07) is 15.1. The summed E-state index contributed by atoms with van der Waals surface area (Å²) < 4.78 is 11.0. The molecule has 2 fully saturated rings. The summed E-state index contributed by atoms with van der Waals surface area (Å²) in [6.07, 6.45) is 0.756. The van der Waals surface area contributed by atoms with Crippen molar-refractivity contribution in [2.24, 2.45) is 5.92 Å². The Balaban J connectivity index is 1.34. The maximum Gasteiger partial charge on any atom is 0.225 e. The zero-order valence-corrected chi connectivity index (χ0v) is 20.3. The van der Waals surface area contributed by atoms with E-state index in [4.69, 9.17) is 9.47 Å². The molecule has 182 valence electrons. The summed E-state index contributed by atoms with van der Waals surface area (Å²) in [4.78, 5) is 20.7. The number of fused-ring (bicyclic) bond motifs is 3. The number of ether oxygens (including phenoxy) is 2. The molecule has 3 aliphatic heterocycles. The first-order valence-corrected chi connectivity index (χ1v) is 12.5. The molecule has 0 bridgehead atoms. The lowest BCUT2D eigenvalue weighted by Crippen LogP contribution is -2.61. The third kappa shape index (κ3) is 4.86. The lowest BCUT2D eigenvalue weighted by atomic mass is 9.83. The molecule has 2 aromatic carbocycles. The average molecular weight is 465 g/mol. The van der Waals surface area contributed by atoms with Crippen LogP contribution >= 0.6 is 0 Å². The van der Waals surface area contributed by atoms with E-state index in [0.717, 1.165) is 64.7 Å². The zero-order valence-electron chi connectivity index (χ0n) is 20.3. The van der Waals surface area contributed by atoms with Crippen molar-refractivity contribution in [2.45, 2.75) is 19.4 Å². The maximum atomic E-state index is 13.5. The van der Waals surface area contributed by atoms with Crippen molar-refractivity contribution >= 4 is 17.3 Å². The van der Waals surface area contributed by atoms with E-state index in [0.29, 0.717) is 6.54 Å². The van der Waals surface area contributed by atoms with Crippen molar-refractivity contribution in [1.29, 1.82) is 0 Å². The SMILES string of the molecule is COc1ccc2c(c1)N1CCN(c3ccc(C)cc3)C[C@H]1[C@H](C(=O)NCCN1CCOCC1)C2. The number of hydrogen-bond acceptors (Lipinski definition) is 6. The molecule has 0 saturated carbocycles. The molecular formula is C27H36N4O3. The minimum absolute atomic E-state index is 0.0844. The number of nitrogens with zero attached hydrogens (tertiary/aromatic N) is 3. The van der Waals surface area contributed by atoms with Crippen LogP contribution in [0.15, 0.2) is 42.5 Å². The molecule has 5 rings (SSSR count). The minimum atomic E-state index is -0.0844. The van der Waals surface area contributed by atoms with E-state index >= 15 is 0 Å².